The van der Waals surface area contributed by atoms with Crippen LogP contribution in [0.15, 0.2) is 115 Å². The molecule has 0 spiro atoms. The van der Waals surface area contributed by atoms with Crippen molar-refractivity contribution in [3.8, 4) is 56.5 Å². The van der Waals surface area contributed by atoms with Crippen LogP contribution in [0.2, 0.25) is 0 Å². The normalized spacial score (nSPS) is 12.9. The van der Waals surface area contributed by atoms with E-state index in [1.807, 2.05) is 48.5 Å². The van der Waals surface area contributed by atoms with Crippen molar-refractivity contribution in [3.05, 3.63) is 126 Å². The highest BCUT2D eigenvalue weighted by atomic mass is 16.7. The maximum absolute atomic E-state index is 14.3. The molecule has 5 aromatic carbocycles. The minimum absolute atomic E-state index is 0.000242. The van der Waals surface area contributed by atoms with Gasteiger partial charge in [-0.2, -0.15) is 0 Å². The molecular weight excluding hydrogens is 614 g/mol. The highest BCUT2D eigenvalue weighted by Gasteiger charge is 2.33. The van der Waals surface area contributed by atoms with Gasteiger partial charge in [-0.1, -0.05) is 66.7 Å². The van der Waals surface area contributed by atoms with Crippen LogP contribution in [0.5, 0.6) is 23.0 Å². The van der Waals surface area contributed by atoms with Crippen LogP contribution in [0.3, 0.4) is 0 Å². The van der Waals surface area contributed by atoms with Gasteiger partial charge in [0, 0.05) is 33.2 Å². The number of hydrogen-bond acceptors (Lipinski definition) is 7. The molecule has 0 bridgehead atoms. The van der Waals surface area contributed by atoms with Gasteiger partial charge in [-0.05, 0) is 59.7 Å². The van der Waals surface area contributed by atoms with E-state index in [4.69, 9.17) is 18.9 Å². The zero-order valence-corrected chi connectivity index (χ0v) is 25.2. The summed E-state index contributed by atoms with van der Waals surface area (Å²) in [5.41, 5.74) is 4.86. The average Bonchev–Trinajstić information content (AvgIpc) is 3.61. The van der Waals surface area contributed by atoms with E-state index >= 15 is 0 Å². The number of carbonyl (C=O) groups excluding carboxylic acids is 1. The van der Waals surface area contributed by atoms with Crippen molar-refractivity contribution in [3.63, 3.8) is 0 Å². The van der Waals surface area contributed by atoms with E-state index in [1.165, 1.54) is 12.1 Å². The fourth-order valence-electron chi connectivity index (χ4n) is 5.87. The van der Waals surface area contributed by atoms with E-state index in [9.17, 15) is 24.6 Å². The molecule has 1 aliphatic heterocycles. The van der Waals surface area contributed by atoms with E-state index in [0.29, 0.717) is 33.6 Å². The maximum atomic E-state index is 14.3. The molecule has 0 unspecified atom stereocenters. The van der Waals surface area contributed by atoms with Gasteiger partial charge >= 0.3 is 12.3 Å². The van der Waals surface area contributed by atoms with Gasteiger partial charge in [-0.15, -0.1) is 0 Å². The number of para-hydroxylation sites is 2. The van der Waals surface area contributed by atoms with Crippen molar-refractivity contribution >= 4 is 35.1 Å². The summed E-state index contributed by atoms with van der Waals surface area (Å²) in [4.78, 5) is 40.9. The van der Waals surface area contributed by atoms with Crippen molar-refractivity contribution in [2.24, 2.45) is 0 Å². The summed E-state index contributed by atoms with van der Waals surface area (Å²) in [5, 5.41) is 19.6. The molecule has 0 aliphatic carbocycles. The van der Waals surface area contributed by atoms with Crippen LogP contribution in [-0.2, 0) is 0 Å². The number of hydrogen-bond donors (Lipinski definition) is 3. The first-order chi connectivity index (χ1) is 23.3. The van der Waals surface area contributed by atoms with Gasteiger partial charge in [0.15, 0.2) is 5.76 Å². The monoisotopic (exact) mass is 639 g/mol. The lowest BCUT2D eigenvalue weighted by molar-refractivity contribution is 0.101. The molecule has 236 valence electrons. The lowest BCUT2D eigenvalue weighted by atomic mass is 9.91. The number of ether oxygens (including phenoxy) is 4. The lowest BCUT2D eigenvalue weighted by Gasteiger charge is -2.14. The molecule has 0 radical (unpaired) electrons. The lowest BCUT2D eigenvalue weighted by Crippen LogP contribution is -2.05. The Bertz CT molecular complexity index is 2290. The van der Waals surface area contributed by atoms with Crippen LogP contribution in [-0.4, -0.2) is 40.4 Å². The summed E-state index contributed by atoms with van der Waals surface area (Å²) in [7, 11) is 1.58. The number of aromatic nitrogens is 1. The Kier molecular flexibility index (Phi) is 7.58. The molecule has 1 aromatic heterocycles. The van der Waals surface area contributed by atoms with Crippen LogP contribution in [0.1, 0.15) is 15.9 Å². The second-order valence-electron chi connectivity index (χ2n) is 10.8. The summed E-state index contributed by atoms with van der Waals surface area (Å²) in [6.45, 7) is 0. The third kappa shape index (κ3) is 5.47. The predicted molar refractivity (Wildman–Crippen MR) is 178 cm³/mol. The van der Waals surface area contributed by atoms with Crippen molar-refractivity contribution < 1.29 is 43.5 Å². The summed E-state index contributed by atoms with van der Waals surface area (Å²) >= 11 is 0. The highest BCUT2D eigenvalue weighted by Crippen LogP contribution is 2.46. The second kappa shape index (κ2) is 12.2. The zero-order valence-electron chi connectivity index (χ0n) is 25.2. The Morgan fingerprint density at radius 3 is 2.06 bits per heavy atom. The minimum Gasteiger partial charge on any atom is -0.497 e. The molecule has 0 amide bonds. The van der Waals surface area contributed by atoms with E-state index in [-0.39, 0.29) is 28.6 Å². The summed E-state index contributed by atoms with van der Waals surface area (Å²) in [5.74, 6) is 0.463. The van der Waals surface area contributed by atoms with Crippen molar-refractivity contribution in [1.29, 1.82) is 0 Å². The van der Waals surface area contributed by atoms with Gasteiger partial charge in [-0.25, -0.2) is 9.59 Å². The Hall–Kier alpha value is -6.81. The van der Waals surface area contributed by atoms with Crippen LogP contribution in [0, 0.1) is 0 Å². The van der Waals surface area contributed by atoms with Crippen LogP contribution in [0.25, 0.3) is 50.5 Å². The number of carbonyl (C=O) groups is 3. The standard InChI is InChI=1S/C38H25NO9/c1-45-23-15-16-29-26(19-23)28(35(39-29)21-9-3-2-4-10-21)20-33-36(40)34-27(25-12-6-8-14-31(25)48-38(43)44)17-22(18-32(34)46-33)24-11-5-7-13-30(24)47-37(41)42/h2-20,39H,1H3,(H,41,42)(H,43,44). The third-order valence-electron chi connectivity index (χ3n) is 7.93. The van der Waals surface area contributed by atoms with Gasteiger partial charge in [0.1, 0.15) is 23.0 Å². The largest absolute Gasteiger partial charge is 0.511 e. The molecule has 6 aromatic rings. The number of methoxy groups -OCH3 is 1. The van der Waals surface area contributed by atoms with Crippen LogP contribution < -0.4 is 18.9 Å². The molecule has 3 N–H and O–H groups in total. The van der Waals surface area contributed by atoms with Gasteiger partial charge < -0.3 is 34.1 Å². The number of Topliss-reactive ketones (excluding diaryl/α,β-unsaturated/α-hetero) is 1. The molecule has 0 fully saturated rings. The molecule has 0 atom stereocenters. The fourth-order valence-corrected chi connectivity index (χ4v) is 5.87. The molecule has 7 rings (SSSR count). The molecular formula is C38H25NO9. The van der Waals surface area contributed by atoms with Gasteiger partial charge in [-0.3, -0.25) is 4.79 Å². The first-order valence-electron chi connectivity index (χ1n) is 14.7. The Morgan fingerprint density at radius 2 is 1.38 bits per heavy atom. The van der Waals surface area contributed by atoms with Crippen molar-refractivity contribution in [1.82, 2.24) is 4.98 Å². The minimum atomic E-state index is -1.53. The molecule has 10 nitrogen and oxygen atoms in total. The van der Waals surface area contributed by atoms with Gasteiger partial charge in [0.05, 0.1) is 18.4 Å². The van der Waals surface area contributed by atoms with E-state index in [2.05, 4.69) is 4.98 Å². The third-order valence-corrected chi connectivity index (χ3v) is 7.93. The summed E-state index contributed by atoms with van der Waals surface area (Å²) in [6.07, 6.45) is -1.35. The molecule has 0 saturated carbocycles. The Morgan fingerprint density at radius 1 is 0.729 bits per heavy atom. The van der Waals surface area contributed by atoms with E-state index < -0.39 is 18.1 Å². The van der Waals surface area contributed by atoms with Gasteiger partial charge in [0.2, 0.25) is 5.78 Å². The molecule has 48 heavy (non-hydrogen) atoms. The molecule has 10 heteroatoms. The first-order valence-corrected chi connectivity index (χ1v) is 14.7. The number of H-pyrrole nitrogens is 1. The van der Waals surface area contributed by atoms with E-state index in [1.54, 1.807) is 61.7 Å². The number of nitrogens with one attached hydrogen (secondary N) is 1. The molecule has 2 heterocycles. The van der Waals surface area contributed by atoms with E-state index in [0.717, 1.165) is 22.2 Å². The van der Waals surface area contributed by atoms with Crippen molar-refractivity contribution in [2.45, 2.75) is 0 Å². The quantitative estimate of drug-likeness (QED) is 0.0886. The number of rotatable bonds is 7. The smallest absolute Gasteiger partial charge is 0.497 e. The second-order valence-corrected chi connectivity index (χ2v) is 10.8. The number of benzene rings is 5. The van der Waals surface area contributed by atoms with Crippen molar-refractivity contribution in [2.75, 3.05) is 7.11 Å². The predicted octanol–water partition coefficient (Wildman–Crippen LogP) is 8.91. The summed E-state index contributed by atoms with van der Waals surface area (Å²) in [6, 6.07) is 31.5. The number of allylic oxidation sites excluding steroid dienone is 1. The first kappa shape index (κ1) is 29.9. The Balaban J connectivity index is 1.45. The Labute approximate surface area is 273 Å². The molecule has 1 aliphatic rings. The number of carboxylic acid groups (broad SMARTS) is 2. The summed E-state index contributed by atoms with van der Waals surface area (Å²) < 4.78 is 21.9. The SMILES string of the molecule is COc1ccc2[nH]c(-c3ccccc3)c(C=C3Oc4cc(-c5ccccc5OC(=O)O)cc(-c5ccccc5OC(=O)O)c4C3=O)c2c1. The highest BCUT2D eigenvalue weighted by molar-refractivity contribution is 6.19. The fraction of sp³-hybridized carbons (Fsp3) is 0.0263. The number of fused-ring (bicyclic) bond motifs is 2. The average molecular weight is 640 g/mol. The molecule has 0 saturated heterocycles. The van der Waals surface area contributed by atoms with Crippen LogP contribution in [0.4, 0.5) is 9.59 Å². The maximum Gasteiger partial charge on any atom is 0.511 e. The topological polar surface area (TPSA) is 144 Å². The van der Waals surface area contributed by atoms with Gasteiger partial charge in [0.25, 0.3) is 0 Å². The zero-order chi connectivity index (χ0) is 33.4. The number of aromatic amines is 1. The number of ketones is 1. The van der Waals surface area contributed by atoms with Crippen LogP contribution >= 0.6 is 0 Å².